The van der Waals surface area contributed by atoms with E-state index >= 15 is 0 Å². The SMILES string of the molecule is NC(N)=NCCCC(N)C(=O)NC(CO)C(=O)NCC(=O)NCC(=O)O. The summed E-state index contributed by atoms with van der Waals surface area (Å²) in [5.74, 6) is -3.54. The number of carboxylic acids is 1. The lowest BCUT2D eigenvalue weighted by Crippen LogP contribution is -2.54. The van der Waals surface area contributed by atoms with Crippen molar-refractivity contribution in [1.82, 2.24) is 16.0 Å². The number of amides is 3. The molecule has 0 rings (SSSR count). The zero-order valence-electron chi connectivity index (χ0n) is 14.1. The number of rotatable bonds is 12. The van der Waals surface area contributed by atoms with Crippen molar-refractivity contribution in [2.75, 3.05) is 26.2 Å². The minimum Gasteiger partial charge on any atom is -0.480 e. The smallest absolute Gasteiger partial charge is 0.322 e. The first kappa shape index (κ1) is 23.1. The van der Waals surface area contributed by atoms with Crippen LogP contribution < -0.4 is 33.2 Å². The highest BCUT2D eigenvalue weighted by atomic mass is 16.4. The van der Waals surface area contributed by atoms with Crippen LogP contribution in [0.2, 0.25) is 0 Å². The minimum atomic E-state index is -1.31. The van der Waals surface area contributed by atoms with Gasteiger partial charge in [-0.2, -0.15) is 0 Å². The van der Waals surface area contributed by atoms with Crippen molar-refractivity contribution < 1.29 is 29.4 Å². The molecule has 2 atom stereocenters. The first-order chi connectivity index (χ1) is 12.2. The molecule has 0 aromatic carbocycles. The van der Waals surface area contributed by atoms with Crippen LogP contribution >= 0.6 is 0 Å². The summed E-state index contributed by atoms with van der Waals surface area (Å²) < 4.78 is 0. The molecule has 0 bridgehead atoms. The number of carboxylic acid groups (broad SMARTS) is 1. The Morgan fingerprint density at radius 2 is 1.69 bits per heavy atom. The molecule has 0 saturated heterocycles. The van der Waals surface area contributed by atoms with Gasteiger partial charge in [-0.1, -0.05) is 0 Å². The third-order valence-electron chi connectivity index (χ3n) is 2.98. The quantitative estimate of drug-likeness (QED) is 0.0925. The number of aliphatic hydroxyl groups is 1. The van der Waals surface area contributed by atoms with Crippen molar-refractivity contribution >= 4 is 29.7 Å². The fourth-order valence-corrected chi connectivity index (χ4v) is 1.65. The lowest BCUT2D eigenvalue weighted by atomic mass is 10.1. The van der Waals surface area contributed by atoms with E-state index in [4.69, 9.17) is 22.3 Å². The van der Waals surface area contributed by atoms with Crippen molar-refractivity contribution in [3.63, 3.8) is 0 Å². The molecule has 3 amide bonds. The third-order valence-corrected chi connectivity index (χ3v) is 2.98. The van der Waals surface area contributed by atoms with Crippen LogP contribution in [0.4, 0.5) is 0 Å². The van der Waals surface area contributed by atoms with E-state index in [9.17, 15) is 24.3 Å². The van der Waals surface area contributed by atoms with Crippen LogP contribution in [0.5, 0.6) is 0 Å². The normalized spacial score (nSPS) is 12.4. The number of nitrogens with one attached hydrogen (secondary N) is 3. The predicted octanol–water partition coefficient (Wildman–Crippen LogP) is -4.84. The average Bonchev–Trinajstić information content (AvgIpc) is 2.58. The molecule has 26 heavy (non-hydrogen) atoms. The van der Waals surface area contributed by atoms with Crippen LogP contribution in [-0.2, 0) is 19.2 Å². The summed E-state index contributed by atoms with van der Waals surface area (Å²) in [6.07, 6.45) is 0.687. The molecule has 0 fully saturated rings. The molecule has 0 aliphatic rings. The van der Waals surface area contributed by atoms with E-state index in [-0.39, 0.29) is 12.4 Å². The molecular formula is C13H25N7O6. The highest BCUT2D eigenvalue weighted by molar-refractivity contribution is 5.92. The number of carbonyl (C=O) groups excluding carboxylic acids is 3. The molecule has 0 aliphatic heterocycles. The fourth-order valence-electron chi connectivity index (χ4n) is 1.65. The third kappa shape index (κ3) is 10.8. The zero-order chi connectivity index (χ0) is 20.1. The van der Waals surface area contributed by atoms with Gasteiger partial charge in [0.05, 0.1) is 19.2 Å². The molecule has 0 aliphatic carbocycles. The van der Waals surface area contributed by atoms with Gasteiger partial charge in [-0.05, 0) is 12.8 Å². The van der Waals surface area contributed by atoms with Crippen LogP contribution in [0.25, 0.3) is 0 Å². The Morgan fingerprint density at radius 1 is 1.04 bits per heavy atom. The van der Waals surface area contributed by atoms with Crippen LogP contribution in [0.3, 0.4) is 0 Å². The first-order valence-electron chi connectivity index (χ1n) is 7.65. The van der Waals surface area contributed by atoms with E-state index < -0.39 is 55.5 Å². The maximum atomic E-state index is 11.9. The number of nitrogens with two attached hydrogens (primary N) is 3. The maximum Gasteiger partial charge on any atom is 0.322 e. The summed E-state index contributed by atoms with van der Waals surface area (Å²) in [6, 6.07) is -2.25. The van der Waals surface area contributed by atoms with Crippen molar-refractivity contribution in [2.45, 2.75) is 24.9 Å². The molecule has 2 unspecified atom stereocenters. The Balaban J connectivity index is 4.30. The highest BCUT2D eigenvalue weighted by Gasteiger charge is 2.23. The number of carbonyl (C=O) groups is 4. The fraction of sp³-hybridized carbons (Fsp3) is 0.615. The monoisotopic (exact) mass is 375 g/mol. The molecule has 0 aromatic heterocycles. The van der Waals surface area contributed by atoms with E-state index in [1.54, 1.807) is 0 Å². The van der Waals surface area contributed by atoms with Gasteiger partial charge >= 0.3 is 5.97 Å². The summed E-state index contributed by atoms with van der Waals surface area (Å²) >= 11 is 0. The number of aliphatic hydroxyl groups excluding tert-OH is 1. The number of nitrogens with zero attached hydrogens (tertiary/aromatic N) is 1. The summed E-state index contributed by atoms with van der Waals surface area (Å²) in [6.45, 7) is -1.53. The highest BCUT2D eigenvalue weighted by Crippen LogP contribution is 1.96. The lowest BCUT2D eigenvalue weighted by Gasteiger charge is -2.18. The van der Waals surface area contributed by atoms with Gasteiger partial charge in [-0.15, -0.1) is 0 Å². The summed E-state index contributed by atoms with van der Waals surface area (Å²) in [4.78, 5) is 49.1. The van der Waals surface area contributed by atoms with E-state index in [2.05, 4.69) is 15.6 Å². The number of aliphatic carboxylic acids is 1. The molecular weight excluding hydrogens is 350 g/mol. The summed E-state index contributed by atoms with van der Waals surface area (Å²) in [5, 5.41) is 24.1. The second kappa shape index (κ2) is 12.4. The van der Waals surface area contributed by atoms with Gasteiger partial charge in [-0.25, -0.2) is 0 Å². The van der Waals surface area contributed by atoms with E-state index in [1.165, 1.54) is 0 Å². The second-order valence-electron chi connectivity index (χ2n) is 5.19. The van der Waals surface area contributed by atoms with Crippen molar-refractivity contribution in [2.24, 2.45) is 22.2 Å². The molecule has 0 heterocycles. The molecule has 0 aromatic rings. The predicted molar refractivity (Wildman–Crippen MR) is 90.6 cm³/mol. The van der Waals surface area contributed by atoms with E-state index in [1.807, 2.05) is 5.32 Å². The first-order valence-corrected chi connectivity index (χ1v) is 7.65. The average molecular weight is 375 g/mol. The summed E-state index contributed by atoms with van der Waals surface area (Å²) in [7, 11) is 0. The molecule has 13 heteroatoms. The van der Waals surface area contributed by atoms with Gasteiger partial charge in [0.2, 0.25) is 17.7 Å². The van der Waals surface area contributed by atoms with Crippen LogP contribution in [-0.4, -0.2) is 78.2 Å². The maximum absolute atomic E-state index is 11.9. The number of guanidine groups is 1. The van der Waals surface area contributed by atoms with E-state index in [0.29, 0.717) is 13.0 Å². The van der Waals surface area contributed by atoms with Gasteiger partial charge in [-0.3, -0.25) is 24.2 Å². The second-order valence-corrected chi connectivity index (χ2v) is 5.19. The topological polar surface area (TPSA) is 235 Å². The Hall–Kier alpha value is -2.93. The largest absolute Gasteiger partial charge is 0.480 e. The summed E-state index contributed by atoms with van der Waals surface area (Å²) in [5.41, 5.74) is 16.0. The van der Waals surface area contributed by atoms with Gasteiger partial charge < -0.3 is 43.4 Å². The lowest BCUT2D eigenvalue weighted by molar-refractivity contribution is -0.138. The van der Waals surface area contributed by atoms with Crippen LogP contribution in [0.15, 0.2) is 4.99 Å². The Bertz CT molecular complexity index is 535. The molecule has 0 radical (unpaired) electrons. The van der Waals surface area contributed by atoms with Gasteiger partial charge in [0.15, 0.2) is 5.96 Å². The van der Waals surface area contributed by atoms with Crippen molar-refractivity contribution in [1.29, 1.82) is 0 Å². The van der Waals surface area contributed by atoms with Gasteiger partial charge in [0.1, 0.15) is 12.6 Å². The number of hydrogen-bond donors (Lipinski definition) is 8. The van der Waals surface area contributed by atoms with Crippen LogP contribution in [0.1, 0.15) is 12.8 Å². The molecule has 148 valence electrons. The Labute approximate surface area is 149 Å². The van der Waals surface area contributed by atoms with E-state index in [0.717, 1.165) is 0 Å². The standard InChI is InChI=1S/C13H25N7O6/c14-7(2-1-3-17-13(15)16)11(25)20-8(6-21)12(26)19-4-9(22)18-5-10(23)24/h7-8,21H,1-6,14H2,(H,18,22)(H,19,26)(H,20,25)(H,23,24)(H4,15,16,17). The molecule has 13 nitrogen and oxygen atoms in total. The molecule has 0 spiro atoms. The zero-order valence-corrected chi connectivity index (χ0v) is 14.1. The Morgan fingerprint density at radius 3 is 2.23 bits per heavy atom. The molecule has 0 saturated carbocycles. The molecule has 11 N–H and O–H groups in total. The van der Waals surface area contributed by atoms with Gasteiger partial charge in [0, 0.05) is 6.54 Å². The van der Waals surface area contributed by atoms with Crippen molar-refractivity contribution in [3.8, 4) is 0 Å². The minimum absolute atomic E-state index is 0.0765. The van der Waals surface area contributed by atoms with Gasteiger partial charge in [0.25, 0.3) is 0 Å². The number of hydrogen-bond acceptors (Lipinski definition) is 7. The van der Waals surface area contributed by atoms with Crippen molar-refractivity contribution in [3.05, 3.63) is 0 Å². The number of aliphatic imine (C=N–C) groups is 1. The van der Waals surface area contributed by atoms with Crippen LogP contribution in [0, 0.1) is 0 Å². The Kier molecular flexibility index (Phi) is 11.0.